The molecule has 1 aliphatic rings. The molecule has 1 saturated carbocycles. The molecule has 1 fully saturated rings. The third-order valence-electron chi connectivity index (χ3n) is 3.32. The number of rotatable bonds is 5. The van der Waals surface area contributed by atoms with E-state index in [1.54, 1.807) is 19.1 Å². The average molecular weight is 253 g/mol. The van der Waals surface area contributed by atoms with Gasteiger partial charge in [0.2, 0.25) is 0 Å². The summed E-state index contributed by atoms with van der Waals surface area (Å²) in [6, 6.07) is 4.43. The minimum Gasteiger partial charge on any atom is -0.491 e. The fourth-order valence-electron chi connectivity index (χ4n) is 1.82. The summed E-state index contributed by atoms with van der Waals surface area (Å²) in [5, 5.41) is 9.14. The van der Waals surface area contributed by atoms with Crippen molar-refractivity contribution in [3.8, 4) is 5.75 Å². The van der Waals surface area contributed by atoms with Crippen LogP contribution in [0.2, 0.25) is 0 Å². The van der Waals surface area contributed by atoms with E-state index in [9.17, 15) is 9.18 Å². The molecule has 5 heteroatoms. The summed E-state index contributed by atoms with van der Waals surface area (Å²) in [4.78, 5) is 11.2. The smallest absolute Gasteiger partial charge is 0.327 e. The van der Waals surface area contributed by atoms with Gasteiger partial charge in [0.15, 0.2) is 5.54 Å². The normalized spacial score (nSPS) is 18.2. The van der Waals surface area contributed by atoms with E-state index >= 15 is 0 Å². The molecule has 1 aliphatic carbocycles. The summed E-state index contributed by atoms with van der Waals surface area (Å²) in [6.07, 6.45) is 1.60. The minimum atomic E-state index is -1.37. The van der Waals surface area contributed by atoms with Crippen molar-refractivity contribution in [3.05, 3.63) is 29.6 Å². The van der Waals surface area contributed by atoms with Crippen LogP contribution in [-0.2, 0) is 4.79 Å². The second-order valence-electron chi connectivity index (χ2n) is 4.82. The molecule has 98 valence electrons. The fraction of sp³-hybridized carbons (Fsp3) is 0.462. The van der Waals surface area contributed by atoms with Crippen molar-refractivity contribution in [1.29, 1.82) is 0 Å². The van der Waals surface area contributed by atoms with Crippen molar-refractivity contribution in [2.75, 3.05) is 6.61 Å². The number of carbonyl (C=O) groups is 1. The molecule has 18 heavy (non-hydrogen) atoms. The molecule has 0 radical (unpaired) electrons. The van der Waals surface area contributed by atoms with E-state index in [0.717, 1.165) is 12.8 Å². The highest BCUT2D eigenvalue weighted by Crippen LogP contribution is 2.38. The van der Waals surface area contributed by atoms with E-state index in [0.29, 0.717) is 11.3 Å². The molecule has 0 aromatic heterocycles. The molecule has 0 amide bonds. The van der Waals surface area contributed by atoms with Crippen LogP contribution in [-0.4, -0.2) is 23.2 Å². The van der Waals surface area contributed by atoms with Crippen LogP contribution in [0.5, 0.6) is 5.75 Å². The zero-order chi connectivity index (χ0) is 13.3. The summed E-state index contributed by atoms with van der Waals surface area (Å²) in [5.41, 5.74) is 4.99. The van der Waals surface area contributed by atoms with Gasteiger partial charge in [-0.1, -0.05) is 6.07 Å². The molecule has 0 bridgehead atoms. The first-order chi connectivity index (χ1) is 8.43. The van der Waals surface area contributed by atoms with Gasteiger partial charge in [-0.3, -0.25) is 4.79 Å². The van der Waals surface area contributed by atoms with Gasteiger partial charge in [-0.25, -0.2) is 4.39 Å². The number of halogens is 1. The summed E-state index contributed by atoms with van der Waals surface area (Å²) in [7, 11) is 0. The Balaban J connectivity index is 2.05. The van der Waals surface area contributed by atoms with Gasteiger partial charge in [0.1, 0.15) is 18.2 Å². The Kier molecular flexibility index (Phi) is 3.26. The number of carboxylic acids is 1. The maximum absolute atomic E-state index is 13.3. The highest BCUT2D eigenvalue weighted by Gasteiger charge is 2.49. The fourth-order valence-corrected chi connectivity index (χ4v) is 1.82. The largest absolute Gasteiger partial charge is 0.491 e. The Labute approximate surface area is 105 Å². The quantitative estimate of drug-likeness (QED) is 0.837. The lowest BCUT2D eigenvalue weighted by atomic mass is 9.96. The first-order valence-corrected chi connectivity index (χ1v) is 5.84. The summed E-state index contributed by atoms with van der Waals surface area (Å²) in [6.45, 7) is 1.50. The molecule has 0 saturated heterocycles. The van der Waals surface area contributed by atoms with Crippen LogP contribution in [0.25, 0.3) is 0 Å². The minimum absolute atomic E-state index is 0.0507. The molecular formula is C13H16FNO3. The average Bonchev–Trinajstić information content (AvgIpc) is 3.14. The van der Waals surface area contributed by atoms with E-state index in [4.69, 9.17) is 15.6 Å². The lowest BCUT2D eigenvalue weighted by Crippen LogP contribution is -2.54. The van der Waals surface area contributed by atoms with Crippen molar-refractivity contribution in [2.24, 2.45) is 11.7 Å². The summed E-state index contributed by atoms with van der Waals surface area (Å²) >= 11 is 0. The number of aliphatic carboxylic acids is 1. The van der Waals surface area contributed by atoms with E-state index < -0.39 is 11.5 Å². The zero-order valence-corrected chi connectivity index (χ0v) is 10.1. The van der Waals surface area contributed by atoms with Gasteiger partial charge in [-0.15, -0.1) is 0 Å². The van der Waals surface area contributed by atoms with Crippen molar-refractivity contribution in [3.63, 3.8) is 0 Å². The van der Waals surface area contributed by atoms with Crippen molar-refractivity contribution < 1.29 is 19.0 Å². The molecule has 1 aromatic rings. The van der Waals surface area contributed by atoms with E-state index in [-0.39, 0.29) is 18.3 Å². The van der Waals surface area contributed by atoms with E-state index in [2.05, 4.69) is 0 Å². The Morgan fingerprint density at radius 2 is 2.28 bits per heavy atom. The van der Waals surface area contributed by atoms with Crippen LogP contribution in [0.1, 0.15) is 18.4 Å². The highest BCUT2D eigenvalue weighted by atomic mass is 19.1. The van der Waals surface area contributed by atoms with Crippen LogP contribution in [0.3, 0.4) is 0 Å². The molecular weight excluding hydrogens is 237 g/mol. The number of carboxylic acid groups (broad SMARTS) is 1. The van der Waals surface area contributed by atoms with Gasteiger partial charge < -0.3 is 15.6 Å². The standard InChI is InChI=1S/C13H16FNO3/c1-8-2-5-10(6-11(8)14)18-7-13(15,12(16)17)9-3-4-9/h2,5-6,9H,3-4,7,15H2,1H3,(H,16,17). The highest BCUT2D eigenvalue weighted by molar-refractivity contribution is 5.79. The third kappa shape index (κ3) is 2.46. The molecule has 0 aliphatic heterocycles. The number of hydrogen-bond acceptors (Lipinski definition) is 3. The first kappa shape index (κ1) is 12.8. The Morgan fingerprint density at radius 3 is 2.78 bits per heavy atom. The Bertz CT molecular complexity index is 473. The van der Waals surface area contributed by atoms with Crippen LogP contribution < -0.4 is 10.5 Å². The van der Waals surface area contributed by atoms with Crippen molar-refractivity contribution in [2.45, 2.75) is 25.3 Å². The van der Waals surface area contributed by atoms with Crippen LogP contribution >= 0.6 is 0 Å². The number of aryl methyl sites for hydroxylation is 1. The number of hydrogen-bond donors (Lipinski definition) is 2. The third-order valence-corrected chi connectivity index (χ3v) is 3.32. The van der Waals surface area contributed by atoms with Crippen molar-refractivity contribution >= 4 is 5.97 Å². The predicted octanol–water partition coefficient (Wildman–Crippen LogP) is 1.71. The SMILES string of the molecule is Cc1ccc(OCC(N)(C(=O)O)C2CC2)cc1F. The number of benzene rings is 1. The molecule has 4 nitrogen and oxygen atoms in total. The topological polar surface area (TPSA) is 72.5 Å². The second-order valence-corrected chi connectivity index (χ2v) is 4.82. The van der Waals surface area contributed by atoms with Crippen LogP contribution in [0.15, 0.2) is 18.2 Å². The summed E-state index contributed by atoms with van der Waals surface area (Å²) in [5.74, 6) is -1.20. The Morgan fingerprint density at radius 1 is 1.61 bits per heavy atom. The molecule has 1 atom stereocenters. The molecule has 0 heterocycles. The van der Waals surface area contributed by atoms with Crippen LogP contribution in [0, 0.1) is 18.7 Å². The lowest BCUT2D eigenvalue weighted by Gasteiger charge is -2.24. The summed E-state index contributed by atoms with van der Waals surface area (Å²) < 4.78 is 18.6. The Hall–Kier alpha value is -1.62. The van der Waals surface area contributed by atoms with Crippen molar-refractivity contribution in [1.82, 2.24) is 0 Å². The van der Waals surface area contributed by atoms with Gasteiger partial charge >= 0.3 is 5.97 Å². The first-order valence-electron chi connectivity index (χ1n) is 5.84. The monoisotopic (exact) mass is 253 g/mol. The molecule has 2 rings (SSSR count). The molecule has 1 aromatic carbocycles. The van der Waals surface area contributed by atoms with E-state index in [1.807, 2.05) is 0 Å². The predicted molar refractivity (Wildman–Crippen MR) is 63.9 cm³/mol. The maximum atomic E-state index is 13.3. The lowest BCUT2D eigenvalue weighted by molar-refractivity contribution is -0.145. The zero-order valence-electron chi connectivity index (χ0n) is 10.1. The van der Waals surface area contributed by atoms with Gasteiger partial charge in [-0.2, -0.15) is 0 Å². The maximum Gasteiger partial charge on any atom is 0.327 e. The molecule has 1 unspecified atom stereocenters. The van der Waals surface area contributed by atoms with Gasteiger partial charge in [-0.05, 0) is 37.3 Å². The molecule has 3 N–H and O–H groups in total. The van der Waals surface area contributed by atoms with Crippen LogP contribution in [0.4, 0.5) is 4.39 Å². The molecule has 0 spiro atoms. The van der Waals surface area contributed by atoms with E-state index in [1.165, 1.54) is 6.07 Å². The second kappa shape index (κ2) is 4.57. The number of ether oxygens (including phenoxy) is 1. The van der Waals surface area contributed by atoms with Gasteiger partial charge in [0, 0.05) is 6.07 Å². The number of nitrogens with two attached hydrogens (primary N) is 1. The van der Waals surface area contributed by atoms with Gasteiger partial charge in [0.25, 0.3) is 0 Å². The van der Waals surface area contributed by atoms with Gasteiger partial charge in [0.05, 0.1) is 0 Å².